The molecule has 37 heavy (non-hydrogen) atoms. The number of halogens is 6. The van der Waals surface area contributed by atoms with Gasteiger partial charge in [0.25, 0.3) is 0 Å². The average molecular weight is 634 g/mol. The number of hydrogen-bond donors (Lipinski definition) is 2. The van der Waals surface area contributed by atoms with Crippen molar-refractivity contribution < 1.29 is 65.8 Å². The van der Waals surface area contributed by atoms with E-state index < -0.39 is 23.7 Å². The third-order valence-electron chi connectivity index (χ3n) is 4.32. The Kier molecular flexibility index (Phi) is 15.4. The number of nitrogens with zero attached hydrogens (tertiary/aromatic N) is 2. The fourth-order valence-electron chi connectivity index (χ4n) is 3.07. The van der Waals surface area contributed by atoms with Crippen molar-refractivity contribution in [3.63, 3.8) is 0 Å². The van der Waals surface area contributed by atoms with Crippen molar-refractivity contribution in [2.24, 2.45) is 4.99 Å². The molecule has 0 radical (unpaired) electrons. The second-order valence-electron chi connectivity index (χ2n) is 8.39. The number of hydrogen-bond acceptors (Lipinski definition) is 6. The summed E-state index contributed by atoms with van der Waals surface area (Å²) in [4.78, 5) is 15.5. The van der Waals surface area contributed by atoms with Gasteiger partial charge in [0, 0.05) is 29.8 Å². The van der Waals surface area contributed by atoms with E-state index in [-0.39, 0.29) is 43.4 Å². The van der Waals surface area contributed by atoms with E-state index in [0.717, 1.165) is 39.0 Å². The van der Waals surface area contributed by atoms with Gasteiger partial charge in [-0.1, -0.05) is 18.2 Å². The van der Waals surface area contributed by atoms with Crippen LogP contribution in [0.4, 0.5) is 25.2 Å². The Hall–Kier alpha value is -1.35. The first kappa shape index (κ1) is 40.2. The molecular formula is C19H34F6N4NiO5PS+. The number of aliphatic imine (C=N–C) groups is 1. The zero-order chi connectivity index (χ0) is 26.3. The van der Waals surface area contributed by atoms with Gasteiger partial charge in [0.2, 0.25) is 0 Å². The third kappa shape index (κ3) is 20.3. The summed E-state index contributed by atoms with van der Waals surface area (Å²) in [7, 11) is -14.3. The molecule has 0 unspecified atom stereocenters. The number of amides is 1. The minimum atomic E-state index is -10.7. The summed E-state index contributed by atoms with van der Waals surface area (Å²) < 4.78 is 84.4. The normalized spacial score (nSPS) is 20.5. The standard InChI is InChI=1S/C12H25N3.C7H5NO3S.F6P.Ni.2H2O/c1-11-10-12(2,3)15-9-5-7-13-6-4-8-14-11;9-7-5-3-1-2-4-6(5)12(10,11)8-7;1-7(2,3,4,5)6;;;/h13,15H,4-10H2,1-3H3;1-4H,(H,8,9);;;2*1H2/q;;-1;+2;;. The van der Waals surface area contributed by atoms with Crippen molar-refractivity contribution in [3.05, 3.63) is 34.6 Å². The van der Waals surface area contributed by atoms with Crippen LogP contribution in [0, 0.1) is 0 Å². The van der Waals surface area contributed by atoms with E-state index in [2.05, 4.69) is 41.1 Å². The molecule has 0 atom stereocenters. The molecule has 0 aliphatic carbocycles. The number of nitrogens with one attached hydrogen (secondary N) is 2. The van der Waals surface area contributed by atoms with Crippen LogP contribution in [0.15, 0.2) is 34.2 Å². The average Bonchev–Trinajstić information content (AvgIpc) is 2.86. The van der Waals surface area contributed by atoms with Gasteiger partial charge >= 0.3 is 49.5 Å². The molecule has 2 aliphatic heterocycles. The number of benzene rings is 1. The molecule has 3 rings (SSSR count). The van der Waals surface area contributed by atoms with Crippen molar-refractivity contribution in [2.75, 3.05) is 26.2 Å². The summed E-state index contributed by atoms with van der Waals surface area (Å²) in [5.41, 5.74) is 1.62. The fourth-order valence-corrected chi connectivity index (χ4v) is 4.17. The van der Waals surface area contributed by atoms with Crippen LogP contribution in [-0.4, -0.2) is 57.2 Å². The number of fused-ring (bicyclic) bond motifs is 1. The van der Waals surface area contributed by atoms with Gasteiger partial charge in [-0.2, -0.15) is 0 Å². The van der Waals surface area contributed by atoms with Gasteiger partial charge < -0.3 is 31.1 Å². The van der Waals surface area contributed by atoms with Crippen molar-refractivity contribution >= 4 is 29.5 Å². The minimum Gasteiger partial charge on any atom is -0.537 e. The van der Waals surface area contributed by atoms with Gasteiger partial charge in [0.1, 0.15) is 10.0 Å². The van der Waals surface area contributed by atoms with E-state index >= 15 is 0 Å². The molecular weight excluding hydrogens is 600 g/mol. The molecule has 0 saturated heterocycles. The topological polar surface area (TPSA) is 166 Å². The van der Waals surface area contributed by atoms with Crippen LogP contribution < -0.4 is 10.6 Å². The summed E-state index contributed by atoms with van der Waals surface area (Å²) in [6.45, 7) is 10.9. The van der Waals surface area contributed by atoms with Crippen molar-refractivity contribution in [1.82, 2.24) is 10.6 Å². The Morgan fingerprint density at radius 1 is 1.00 bits per heavy atom. The summed E-state index contributed by atoms with van der Waals surface area (Å²) in [5, 5.41) is 7.02. The van der Waals surface area contributed by atoms with E-state index in [9.17, 15) is 38.4 Å². The number of carbonyl (C=O) groups excluding carboxylic acids is 1. The molecule has 0 fully saturated rings. The van der Waals surface area contributed by atoms with Crippen molar-refractivity contribution in [2.45, 2.75) is 50.5 Å². The van der Waals surface area contributed by atoms with Gasteiger partial charge in [0.05, 0.1) is 10.8 Å². The van der Waals surface area contributed by atoms with Crippen LogP contribution in [0.5, 0.6) is 0 Å². The minimum absolute atomic E-state index is 0. The maximum atomic E-state index is 11.1. The quantitative estimate of drug-likeness (QED) is 0.189. The molecule has 0 aromatic heterocycles. The second-order valence-corrected chi connectivity index (χ2v) is 11.9. The van der Waals surface area contributed by atoms with Crippen LogP contribution >= 0.6 is 7.81 Å². The summed E-state index contributed by atoms with van der Waals surface area (Å²) >= 11 is 0. The van der Waals surface area contributed by atoms with E-state index in [1.54, 1.807) is 12.1 Å². The Bertz CT molecular complexity index is 1000. The summed E-state index contributed by atoms with van der Waals surface area (Å²) in [6, 6.07) is 5.99. The van der Waals surface area contributed by atoms with Crippen LogP contribution in [0.2, 0.25) is 0 Å². The molecule has 0 spiro atoms. The van der Waals surface area contributed by atoms with Crippen LogP contribution in [0.25, 0.3) is 4.72 Å². The van der Waals surface area contributed by atoms with Crippen LogP contribution in [0.1, 0.15) is 50.4 Å². The van der Waals surface area contributed by atoms with Gasteiger partial charge in [-0.15, -0.1) is 0 Å². The monoisotopic (exact) mass is 633 g/mol. The Morgan fingerprint density at radius 2 is 1.51 bits per heavy atom. The molecule has 222 valence electrons. The first-order chi connectivity index (χ1) is 15.2. The number of rotatable bonds is 0. The molecule has 7 N–H and O–H groups in total. The zero-order valence-electron chi connectivity index (χ0n) is 20.4. The van der Waals surface area contributed by atoms with Crippen molar-refractivity contribution in [1.29, 1.82) is 0 Å². The number of carbonyl (C=O) groups is 1. The maximum Gasteiger partial charge on any atom is 2.00 e. The van der Waals surface area contributed by atoms with Gasteiger partial charge in [-0.25, -0.2) is 8.42 Å². The second kappa shape index (κ2) is 14.2. The van der Waals surface area contributed by atoms with Crippen LogP contribution in [-0.2, 0) is 32.0 Å². The zero-order valence-corrected chi connectivity index (χ0v) is 23.1. The SMILES string of the molecule is CC1=NCCCNCCCNC(C)(C)C1.F[P-](F)(F)(F)(F)F.O.O=C1[N-]S(=O)(=O)c2ccccc21.[Ni+2].[OH3+]. The predicted molar refractivity (Wildman–Crippen MR) is 130 cm³/mol. The molecule has 9 nitrogen and oxygen atoms in total. The number of sulfonamides is 1. The maximum absolute atomic E-state index is 11.1. The van der Waals surface area contributed by atoms with Gasteiger partial charge in [-0.3, -0.25) is 4.99 Å². The first-order valence-electron chi connectivity index (χ1n) is 10.3. The molecule has 2 heterocycles. The predicted octanol–water partition coefficient (Wildman–Crippen LogP) is 4.13. The molecule has 1 aromatic rings. The summed E-state index contributed by atoms with van der Waals surface area (Å²) in [6.07, 6.45) is 3.42. The van der Waals surface area contributed by atoms with Crippen LogP contribution in [0.3, 0.4) is 0 Å². The van der Waals surface area contributed by atoms with Gasteiger partial charge in [-0.05, 0) is 59.3 Å². The Morgan fingerprint density at radius 3 is 2.05 bits per heavy atom. The molecule has 0 saturated carbocycles. The fraction of sp³-hybridized carbons (Fsp3) is 0.579. The largest absolute Gasteiger partial charge is 2.00 e. The molecule has 18 heteroatoms. The van der Waals surface area contributed by atoms with E-state index in [1.807, 2.05) is 0 Å². The van der Waals surface area contributed by atoms with Gasteiger partial charge in [0.15, 0.2) is 0 Å². The van der Waals surface area contributed by atoms with E-state index in [1.165, 1.54) is 24.3 Å². The molecule has 1 amide bonds. The smallest absolute Gasteiger partial charge is 0.537 e. The Balaban J connectivity index is -0.000000477. The van der Waals surface area contributed by atoms with E-state index in [0.29, 0.717) is 0 Å². The first-order valence-corrected chi connectivity index (χ1v) is 13.8. The third-order valence-corrected chi connectivity index (χ3v) is 5.64. The Labute approximate surface area is 222 Å². The summed E-state index contributed by atoms with van der Waals surface area (Å²) in [5.74, 6) is -0.675. The van der Waals surface area contributed by atoms with Crippen molar-refractivity contribution in [3.8, 4) is 0 Å². The molecule has 0 bridgehead atoms. The molecule has 2 aliphatic rings. The molecule has 1 aromatic carbocycles. The van der Waals surface area contributed by atoms with E-state index in [4.69, 9.17) is 0 Å².